The van der Waals surface area contributed by atoms with Crippen LogP contribution in [0.25, 0.3) is 0 Å². The molecule has 0 aromatic carbocycles. The van der Waals surface area contributed by atoms with E-state index in [9.17, 15) is 9.59 Å². The van der Waals surface area contributed by atoms with Gasteiger partial charge in [0.25, 0.3) is 0 Å². The second-order valence-corrected chi connectivity index (χ2v) is 6.21. The van der Waals surface area contributed by atoms with Crippen molar-refractivity contribution in [3.8, 4) is 0 Å². The Morgan fingerprint density at radius 1 is 1.06 bits per heavy atom. The van der Waals surface area contributed by atoms with Gasteiger partial charge in [0.1, 0.15) is 0 Å². The summed E-state index contributed by atoms with van der Waals surface area (Å²) in [5.41, 5.74) is 0.0277. The van der Waals surface area contributed by atoms with Crippen molar-refractivity contribution in [3.63, 3.8) is 0 Å². The molecular weight excluding hydrogens is 214 g/mol. The van der Waals surface area contributed by atoms with E-state index in [1.807, 2.05) is 13.8 Å². The number of nitrogens with zero attached hydrogens (tertiary/aromatic N) is 1. The van der Waals surface area contributed by atoms with Crippen LogP contribution in [0.2, 0.25) is 0 Å². The Balaban J connectivity index is 2.06. The highest BCUT2D eigenvalue weighted by Gasteiger charge is 2.43. The highest BCUT2D eigenvalue weighted by molar-refractivity contribution is 5.98. The van der Waals surface area contributed by atoms with Gasteiger partial charge in [-0.3, -0.25) is 14.5 Å². The first kappa shape index (κ1) is 12.6. The third-order valence-electron chi connectivity index (χ3n) is 4.12. The predicted octanol–water partition coefficient (Wildman–Crippen LogP) is 2.74. The number of piperidine rings is 1. The lowest BCUT2D eigenvalue weighted by molar-refractivity contribution is -0.155. The monoisotopic (exact) mass is 237 g/mol. The molecule has 1 heterocycles. The number of hydrogen-bond acceptors (Lipinski definition) is 2. The Bertz CT molecular complexity index is 296. The summed E-state index contributed by atoms with van der Waals surface area (Å²) in [6.45, 7) is 4.69. The third kappa shape index (κ3) is 2.70. The number of hydrogen-bond donors (Lipinski definition) is 0. The van der Waals surface area contributed by atoms with Crippen LogP contribution in [-0.2, 0) is 9.59 Å². The molecule has 0 aromatic rings. The Morgan fingerprint density at radius 2 is 1.59 bits per heavy atom. The molecule has 1 saturated carbocycles. The molecule has 3 nitrogen and oxygen atoms in total. The topological polar surface area (TPSA) is 37.4 Å². The van der Waals surface area contributed by atoms with Gasteiger partial charge in [0.2, 0.25) is 11.8 Å². The van der Waals surface area contributed by atoms with Crippen LogP contribution in [0.15, 0.2) is 0 Å². The van der Waals surface area contributed by atoms with Crippen molar-refractivity contribution >= 4 is 11.8 Å². The number of imide groups is 1. The van der Waals surface area contributed by atoms with E-state index in [-0.39, 0.29) is 17.2 Å². The van der Waals surface area contributed by atoms with Crippen LogP contribution in [-0.4, -0.2) is 23.3 Å². The lowest BCUT2D eigenvalue weighted by Crippen LogP contribution is -2.49. The van der Waals surface area contributed by atoms with E-state index in [0.717, 1.165) is 12.8 Å². The van der Waals surface area contributed by atoms with Gasteiger partial charge in [0.05, 0.1) is 0 Å². The van der Waals surface area contributed by atoms with Crippen LogP contribution in [0.3, 0.4) is 0 Å². The van der Waals surface area contributed by atoms with Gasteiger partial charge < -0.3 is 0 Å². The molecule has 0 atom stereocenters. The summed E-state index contributed by atoms with van der Waals surface area (Å²) in [6, 6.07) is 0. The average Bonchev–Trinajstić information content (AvgIpc) is 2.24. The van der Waals surface area contributed by atoms with Gasteiger partial charge >= 0.3 is 0 Å². The van der Waals surface area contributed by atoms with Crippen molar-refractivity contribution < 1.29 is 9.59 Å². The van der Waals surface area contributed by atoms with Crippen molar-refractivity contribution in [3.05, 3.63) is 0 Å². The van der Waals surface area contributed by atoms with Crippen LogP contribution >= 0.6 is 0 Å². The highest BCUT2D eigenvalue weighted by Crippen LogP contribution is 2.45. The fourth-order valence-electron chi connectivity index (χ4n) is 3.26. The normalized spacial score (nSPS) is 24.8. The van der Waals surface area contributed by atoms with E-state index in [1.54, 1.807) is 0 Å². The molecule has 1 saturated heterocycles. The van der Waals surface area contributed by atoms with E-state index >= 15 is 0 Å². The Hall–Kier alpha value is -0.860. The standard InChI is InChI=1S/C14H23NO2/c1-11(2)10-15-12(16)8-14(9-13(15)17)6-4-3-5-7-14/h11H,3-10H2,1-2H3. The first-order valence-electron chi connectivity index (χ1n) is 6.86. The van der Waals surface area contributed by atoms with Gasteiger partial charge in [0.15, 0.2) is 0 Å². The van der Waals surface area contributed by atoms with Crippen molar-refractivity contribution in [1.82, 2.24) is 4.90 Å². The molecule has 17 heavy (non-hydrogen) atoms. The minimum atomic E-state index is 0.0277. The Labute approximate surface area is 104 Å². The average molecular weight is 237 g/mol. The summed E-state index contributed by atoms with van der Waals surface area (Å²) >= 11 is 0. The summed E-state index contributed by atoms with van der Waals surface area (Å²) in [4.78, 5) is 25.7. The number of rotatable bonds is 2. The molecule has 1 aliphatic heterocycles. The molecule has 0 radical (unpaired) electrons. The molecule has 0 N–H and O–H groups in total. The number of carbonyl (C=O) groups excluding carboxylic acids is 2. The van der Waals surface area contributed by atoms with E-state index < -0.39 is 0 Å². The summed E-state index contributed by atoms with van der Waals surface area (Å²) < 4.78 is 0. The second kappa shape index (κ2) is 4.79. The first-order chi connectivity index (χ1) is 8.02. The molecule has 2 fully saturated rings. The van der Waals surface area contributed by atoms with Crippen LogP contribution in [0.1, 0.15) is 58.8 Å². The zero-order valence-electron chi connectivity index (χ0n) is 11.0. The zero-order chi connectivity index (χ0) is 12.5. The minimum Gasteiger partial charge on any atom is -0.282 e. The van der Waals surface area contributed by atoms with Gasteiger partial charge in [-0.25, -0.2) is 0 Å². The van der Waals surface area contributed by atoms with Crippen LogP contribution < -0.4 is 0 Å². The Kier molecular flexibility index (Phi) is 3.55. The summed E-state index contributed by atoms with van der Waals surface area (Å²) in [6.07, 6.45) is 6.98. The number of carbonyl (C=O) groups is 2. The maximum absolute atomic E-state index is 12.1. The molecule has 0 bridgehead atoms. The SMILES string of the molecule is CC(C)CN1C(=O)CC2(CCCCC2)CC1=O. The van der Waals surface area contributed by atoms with Crippen molar-refractivity contribution in [2.75, 3.05) is 6.54 Å². The molecule has 3 heteroatoms. The van der Waals surface area contributed by atoms with Crippen LogP contribution in [0, 0.1) is 11.3 Å². The quantitative estimate of drug-likeness (QED) is 0.692. The van der Waals surface area contributed by atoms with Crippen LogP contribution in [0.5, 0.6) is 0 Å². The molecule has 0 aromatic heterocycles. The molecule has 96 valence electrons. The van der Waals surface area contributed by atoms with Crippen molar-refractivity contribution in [2.24, 2.45) is 11.3 Å². The first-order valence-corrected chi connectivity index (χ1v) is 6.86. The molecule has 1 spiro atoms. The van der Waals surface area contributed by atoms with E-state index in [1.165, 1.54) is 24.2 Å². The molecule has 2 amide bonds. The predicted molar refractivity (Wildman–Crippen MR) is 66.3 cm³/mol. The Morgan fingerprint density at radius 3 is 2.06 bits per heavy atom. The van der Waals surface area contributed by atoms with E-state index in [2.05, 4.69) is 0 Å². The van der Waals surface area contributed by atoms with E-state index in [0.29, 0.717) is 25.3 Å². The largest absolute Gasteiger partial charge is 0.282 e. The smallest absolute Gasteiger partial charge is 0.229 e. The lowest BCUT2D eigenvalue weighted by Gasteiger charge is -2.42. The number of amides is 2. The fourth-order valence-corrected chi connectivity index (χ4v) is 3.26. The summed E-state index contributed by atoms with van der Waals surface area (Å²) in [7, 11) is 0. The zero-order valence-corrected chi connectivity index (χ0v) is 11.0. The fraction of sp³-hybridized carbons (Fsp3) is 0.857. The van der Waals surface area contributed by atoms with Crippen LogP contribution in [0.4, 0.5) is 0 Å². The molecular formula is C14H23NO2. The third-order valence-corrected chi connectivity index (χ3v) is 4.12. The lowest BCUT2D eigenvalue weighted by atomic mass is 9.67. The van der Waals surface area contributed by atoms with Gasteiger partial charge in [-0.2, -0.15) is 0 Å². The van der Waals surface area contributed by atoms with Gasteiger partial charge in [-0.1, -0.05) is 33.1 Å². The number of likely N-dealkylation sites (tertiary alicyclic amines) is 1. The van der Waals surface area contributed by atoms with E-state index in [4.69, 9.17) is 0 Å². The molecule has 2 aliphatic rings. The van der Waals surface area contributed by atoms with Gasteiger partial charge in [0, 0.05) is 19.4 Å². The molecule has 2 rings (SSSR count). The summed E-state index contributed by atoms with van der Waals surface area (Å²) in [5, 5.41) is 0. The molecule has 1 aliphatic carbocycles. The van der Waals surface area contributed by atoms with Gasteiger partial charge in [-0.05, 0) is 24.2 Å². The summed E-state index contributed by atoms with van der Waals surface area (Å²) in [5.74, 6) is 0.497. The minimum absolute atomic E-state index is 0.0277. The second-order valence-electron chi connectivity index (χ2n) is 6.21. The highest BCUT2D eigenvalue weighted by atomic mass is 16.2. The maximum atomic E-state index is 12.1. The maximum Gasteiger partial charge on any atom is 0.229 e. The van der Waals surface area contributed by atoms with Crippen molar-refractivity contribution in [1.29, 1.82) is 0 Å². The molecule has 0 unspecified atom stereocenters. The van der Waals surface area contributed by atoms with Gasteiger partial charge in [-0.15, -0.1) is 0 Å². The van der Waals surface area contributed by atoms with Crippen molar-refractivity contribution in [2.45, 2.75) is 58.8 Å².